The lowest BCUT2D eigenvalue weighted by Crippen LogP contribution is -2.48. The summed E-state index contributed by atoms with van der Waals surface area (Å²) in [6, 6.07) is 16.4. The van der Waals surface area contributed by atoms with E-state index in [0.29, 0.717) is 31.7 Å². The second kappa shape index (κ2) is 8.31. The third-order valence-corrected chi connectivity index (χ3v) is 5.05. The van der Waals surface area contributed by atoms with Crippen LogP contribution in [0.15, 0.2) is 67.0 Å². The van der Waals surface area contributed by atoms with Gasteiger partial charge in [0.05, 0.1) is 17.4 Å². The van der Waals surface area contributed by atoms with E-state index in [-0.39, 0.29) is 11.7 Å². The van der Waals surface area contributed by atoms with Gasteiger partial charge in [0, 0.05) is 43.8 Å². The molecular formula is C23H23FN4O. The molecule has 148 valence electrons. The molecular weight excluding hydrogens is 367 g/mol. The van der Waals surface area contributed by atoms with Crippen LogP contribution in [-0.4, -0.2) is 42.0 Å². The fourth-order valence-corrected chi connectivity index (χ4v) is 3.52. The van der Waals surface area contributed by atoms with E-state index in [1.807, 2.05) is 42.2 Å². The van der Waals surface area contributed by atoms with Gasteiger partial charge in [-0.15, -0.1) is 0 Å². The van der Waals surface area contributed by atoms with Gasteiger partial charge >= 0.3 is 0 Å². The number of pyridine rings is 1. The van der Waals surface area contributed by atoms with Gasteiger partial charge in [-0.3, -0.25) is 9.78 Å². The van der Waals surface area contributed by atoms with Crippen LogP contribution in [0.3, 0.4) is 0 Å². The van der Waals surface area contributed by atoms with Gasteiger partial charge in [-0.1, -0.05) is 12.1 Å². The molecule has 0 radical (unpaired) electrons. The first-order chi connectivity index (χ1) is 14.1. The van der Waals surface area contributed by atoms with Gasteiger partial charge in [0.1, 0.15) is 5.82 Å². The Morgan fingerprint density at radius 1 is 0.966 bits per heavy atom. The second-order valence-corrected chi connectivity index (χ2v) is 7.21. The summed E-state index contributed by atoms with van der Waals surface area (Å²) in [4.78, 5) is 21.2. The lowest BCUT2D eigenvalue weighted by Gasteiger charge is -2.36. The Morgan fingerprint density at radius 3 is 2.45 bits per heavy atom. The number of carbonyl (C=O) groups excluding carboxylic acids is 1. The summed E-state index contributed by atoms with van der Waals surface area (Å²) in [7, 11) is 0. The molecule has 0 spiro atoms. The maximum Gasteiger partial charge on any atom is 0.255 e. The monoisotopic (exact) mass is 390 g/mol. The van der Waals surface area contributed by atoms with Crippen LogP contribution < -0.4 is 10.2 Å². The molecule has 0 bridgehead atoms. The fourth-order valence-electron chi connectivity index (χ4n) is 3.52. The van der Waals surface area contributed by atoms with Crippen LogP contribution in [-0.2, 0) is 0 Å². The van der Waals surface area contributed by atoms with Crippen molar-refractivity contribution < 1.29 is 9.18 Å². The highest BCUT2D eigenvalue weighted by Crippen LogP contribution is 2.20. The maximum absolute atomic E-state index is 13.1. The number of nitrogens with one attached hydrogen (secondary N) is 1. The third-order valence-electron chi connectivity index (χ3n) is 5.05. The Kier molecular flexibility index (Phi) is 5.42. The SMILES string of the molecule is Cc1cccc(Nc2cncc(C(=O)N3CCN(c4ccc(F)cc4)CC3)c2)c1. The predicted octanol–water partition coefficient (Wildman–Crippen LogP) is 4.24. The van der Waals surface area contributed by atoms with Gasteiger partial charge in [-0.05, 0) is 55.0 Å². The normalized spacial score (nSPS) is 14.0. The van der Waals surface area contributed by atoms with Crippen molar-refractivity contribution in [3.05, 3.63) is 83.9 Å². The molecule has 6 heteroatoms. The van der Waals surface area contributed by atoms with Crippen LogP contribution in [0.1, 0.15) is 15.9 Å². The number of hydrogen-bond donors (Lipinski definition) is 1. The molecule has 1 aliphatic heterocycles. The maximum atomic E-state index is 13.1. The quantitative estimate of drug-likeness (QED) is 0.724. The lowest BCUT2D eigenvalue weighted by atomic mass is 10.2. The lowest BCUT2D eigenvalue weighted by molar-refractivity contribution is 0.0746. The molecule has 0 saturated carbocycles. The van der Waals surface area contributed by atoms with Gasteiger partial charge in [-0.2, -0.15) is 0 Å². The van der Waals surface area contributed by atoms with Gasteiger partial charge in [0.15, 0.2) is 0 Å². The first kappa shape index (κ1) is 18.9. The van der Waals surface area contributed by atoms with Crippen LogP contribution in [0.25, 0.3) is 0 Å². The van der Waals surface area contributed by atoms with Crippen LogP contribution in [0.2, 0.25) is 0 Å². The summed E-state index contributed by atoms with van der Waals surface area (Å²) in [5.74, 6) is -0.265. The van der Waals surface area contributed by atoms with Crippen molar-refractivity contribution in [1.29, 1.82) is 0 Å². The van der Waals surface area contributed by atoms with E-state index in [1.165, 1.54) is 12.1 Å². The van der Waals surface area contributed by atoms with E-state index < -0.39 is 0 Å². The molecule has 1 N–H and O–H groups in total. The largest absolute Gasteiger partial charge is 0.368 e. The molecule has 5 nitrogen and oxygen atoms in total. The van der Waals surface area contributed by atoms with E-state index in [2.05, 4.69) is 15.2 Å². The molecule has 1 fully saturated rings. The molecule has 0 aliphatic carbocycles. The standard InChI is InChI=1S/C23H23FN4O/c1-17-3-2-4-20(13-17)26-21-14-18(15-25-16-21)23(29)28-11-9-27(10-12-28)22-7-5-19(24)6-8-22/h2-8,13-16,26H,9-12H2,1H3. The summed E-state index contributed by atoms with van der Waals surface area (Å²) < 4.78 is 13.1. The molecule has 0 atom stereocenters. The zero-order valence-electron chi connectivity index (χ0n) is 16.3. The van der Waals surface area contributed by atoms with Crippen molar-refractivity contribution in [2.75, 3.05) is 36.4 Å². The summed E-state index contributed by atoms with van der Waals surface area (Å²) in [5, 5.41) is 3.30. The van der Waals surface area contributed by atoms with Gasteiger partial charge in [-0.25, -0.2) is 4.39 Å². The highest BCUT2D eigenvalue weighted by atomic mass is 19.1. The zero-order valence-corrected chi connectivity index (χ0v) is 16.3. The van der Waals surface area contributed by atoms with Crippen LogP contribution in [0.5, 0.6) is 0 Å². The Bertz CT molecular complexity index is 998. The average Bonchev–Trinajstić information content (AvgIpc) is 2.74. The number of aryl methyl sites for hydroxylation is 1. The Hall–Kier alpha value is -3.41. The predicted molar refractivity (Wildman–Crippen MR) is 113 cm³/mol. The Balaban J connectivity index is 1.40. The number of halogens is 1. The Morgan fingerprint density at radius 2 is 1.72 bits per heavy atom. The molecule has 0 unspecified atom stereocenters. The molecule has 2 aromatic carbocycles. The van der Waals surface area contributed by atoms with Crippen molar-refractivity contribution in [2.24, 2.45) is 0 Å². The van der Waals surface area contributed by atoms with Crippen LogP contribution in [0, 0.1) is 12.7 Å². The molecule has 1 aromatic heterocycles. The number of rotatable bonds is 4. The number of aromatic nitrogens is 1. The molecule has 2 heterocycles. The van der Waals surface area contributed by atoms with Crippen molar-refractivity contribution >= 4 is 23.0 Å². The van der Waals surface area contributed by atoms with Crippen LogP contribution in [0.4, 0.5) is 21.5 Å². The highest BCUT2D eigenvalue weighted by Gasteiger charge is 2.22. The average molecular weight is 390 g/mol. The zero-order chi connectivity index (χ0) is 20.2. The van der Waals surface area contributed by atoms with Gasteiger partial charge in [0.25, 0.3) is 5.91 Å². The number of benzene rings is 2. The first-order valence-corrected chi connectivity index (χ1v) is 9.67. The van der Waals surface area contributed by atoms with Crippen molar-refractivity contribution in [3.8, 4) is 0 Å². The summed E-state index contributed by atoms with van der Waals surface area (Å²) in [5.41, 5.74) is 4.45. The number of nitrogens with zero attached hydrogens (tertiary/aromatic N) is 3. The van der Waals surface area contributed by atoms with Crippen molar-refractivity contribution in [1.82, 2.24) is 9.88 Å². The summed E-state index contributed by atoms with van der Waals surface area (Å²) in [6.45, 7) is 4.70. The molecule has 4 rings (SSSR count). The topological polar surface area (TPSA) is 48.5 Å². The molecule has 3 aromatic rings. The molecule has 1 aliphatic rings. The number of hydrogen-bond acceptors (Lipinski definition) is 4. The number of carbonyl (C=O) groups is 1. The van der Waals surface area contributed by atoms with Crippen LogP contribution >= 0.6 is 0 Å². The third kappa shape index (κ3) is 4.54. The minimum Gasteiger partial charge on any atom is -0.368 e. The fraction of sp³-hybridized carbons (Fsp3) is 0.217. The molecule has 1 saturated heterocycles. The highest BCUT2D eigenvalue weighted by molar-refractivity contribution is 5.95. The van der Waals surface area contributed by atoms with E-state index in [4.69, 9.17) is 0 Å². The van der Waals surface area contributed by atoms with E-state index in [0.717, 1.165) is 22.6 Å². The van der Waals surface area contributed by atoms with E-state index in [9.17, 15) is 9.18 Å². The number of piperazine rings is 1. The first-order valence-electron chi connectivity index (χ1n) is 9.67. The smallest absolute Gasteiger partial charge is 0.255 e. The van der Waals surface area contributed by atoms with Gasteiger partial charge < -0.3 is 15.1 Å². The second-order valence-electron chi connectivity index (χ2n) is 7.21. The summed E-state index contributed by atoms with van der Waals surface area (Å²) >= 11 is 0. The van der Waals surface area contributed by atoms with Crippen molar-refractivity contribution in [3.63, 3.8) is 0 Å². The van der Waals surface area contributed by atoms with E-state index in [1.54, 1.807) is 24.5 Å². The molecule has 1 amide bonds. The van der Waals surface area contributed by atoms with Crippen molar-refractivity contribution in [2.45, 2.75) is 6.92 Å². The Labute approximate surface area is 169 Å². The minimum atomic E-state index is -0.241. The van der Waals surface area contributed by atoms with Gasteiger partial charge in [0.2, 0.25) is 0 Å². The molecule has 29 heavy (non-hydrogen) atoms. The summed E-state index contributed by atoms with van der Waals surface area (Å²) in [6.07, 6.45) is 3.32. The van der Waals surface area contributed by atoms with E-state index >= 15 is 0 Å². The number of anilines is 3. The minimum absolute atomic E-state index is 0.0239. The number of amides is 1.